The smallest absolute Gasteiger partial charge is 0.249 e. The molecule has 0 atom stereocenters. The van der Waals surface area contributed by atoms with Crippen LogP contribution in [-0.4, -0.2) is 25.6 Å². The number of amidine groups is 1. The summed E-state index contributed by atoms with van der Waals surface area (Å²) in [6.45, 7) is 3.73. The summed E-state index contributed by atoms with van der Waals surface area (Å²) in [5, 5.41) is 11.7. The molecule has 0 unspecified atom stereocenters. The van der Waals surface area contributed by atoms with Gasteiger partial charge in [-0.2, -0.15) is 5.10 Å². The average Bonchev–Trinajstić information content (AvgIpc) is 2.56. The summed E-state index contributed by atoms with van der Waals surface area (Å²) in [7, 11) is 1.83. The normalized spacial score (nSPS) is 10.4. The lowest BCUT2D eigenvalue weighted by atomic mass is 10.3. The predicted octanol–water partition coefficient (Wildman–Crippen LogP) is 0.903. The van der Waals surface area contributed by atoms with Crippen LogP contribution in [0, 0.1) is 19.3 Å². The molecule has 2 rings (SSSR count). The van der Waals surface area contributed by atoms with E-state index in [9.17, 15) is 0 Å². The quantitative estimate of drug-likeness (QED) is 0.618. The van der Waals surface area contributed by atoms with Gasteiger partial charge in [0.2, 0.25) is 5.88 Å². The lowest BCUT2D eigenvalue weighted by Crippen LogP contribution is -2.15. The van der Waals surface area contributed by atoms with Crippen LogP contribution in [0.5, 0.6) is 11.6 Å². The maximum Gasteiger partial charge on any atom is 0.249 e. The Labute approximate surface area is 104 Å². The Morgan fingerprint density at radius 2 is 2.00 bits per heavy atom. The van der Waals surface area contributed by atoms with Crippen LogP contribution in [-0.2, 0) is 7.05 Å². The van der Waals surface area contributed by atoms with Crippen molar-refractivity contribution in [1.29, 1.82) is 5.41 Å². The fourth-order valence-corrected chi connectivity index (χ4v) is 1.58. The molecule has 0 bridgehead atoms. The van der Waals surface area contributed by atoms with Crippen molar-refractivity contribution < 1.29 is 4.74 Å². The molecule has 0 radical (unpaired) electrons. The fourth-order valence-electron chi connectivity index (χ4n) is 1.58. The molecular weight excluding hydrogens is 232 g/mol. The third-order valence-electron chi connectivity index (χ3n) is 2.56. The minimum absolute atomic E-state index is 0.183. The van der Waals surface area contributed by atoms with E-state index in [1.807, 2.05) is 20.9 Å². The van der Waals surface area contributed by atoms with Crippen LogP contribution in [0.1, 0.15) is 17.1 Å². The van der Waals surface area contributed by atoms with Crippen molar-refractivity contribution in [2.75, 3.05) is 0 Å². The zero-order valence-electron chi connectivity index (χ0n) is 10.4. The molecule has 2 heterocycles. The van der Waals surface area contributed by atoms with E-state index in [0.717, 1.165) is 11.4 Å². The van der Waals surface area contributed by atoms with Gasteiger partial charge in [0.15, 0.2) is 11.4 Å². The number of nitrogens with zero attached hydrogens (tertiary/aromatic N) is 4. The molecule has 0 aliphatic rings. The van der Waals surface area contributed by atoms with E-state index in [2.05, 4.69) is 15.1 Å². The van der Waals surface area contributed by atoms with Gasteiger partial charge in [-0.25, -0.2) is 9.97 Å². The Kier molecular flexibility index (Phi) is 2.97. The van der Waals surface area contributed by atoms with E-state index in [0.29, 0.717) is 5.75 Å². The number of aryl methyl sites for hydroxylation is 2. The van der Waals surface area contributed by atoms with Crippen LogP contribution < -0.4 is 10.5 Å². The van der Waals surface area contributed by atoms with Crippen LogP contribution in [0.15, 0.2) is 12.4 Å². The van der Waals surface area contributed by atoms with Crippen molar-refractivity contribution in [1.82, 2.24) is 19.7 Å². The zero-order chi connectivity index (χ0) is 13.3. The van der Waals surface area contributed by atoms with Gasteiger partial charge < -0.3 is 10.5 Å². The first-order valence-electron chi connectivity index (χ1n) is 5.34. The SMILES string of the molecule is Cc1nn(C)c(C)c1Oc1nccnc1C(=N)N. The minimum atomic E-state index is -0.183. The van der Waals surface area contributed by atoms with Gasteiger partial charge in [-0.05, 0) is 13.8 Å². The van der Waals surface area contributed by atoms with Gasteiger partial charge in [0.1, 0.15) is 11.5 Å². The van der Waals surface area contributed by atoms with Crippen molar-refractivity contribution in [3.63, 3.8) is 0 Å². The highest BCUT2D eigenvalue weighted by Gasteiger charge is 2.16. The van der Waals surface area contributed by atoms with Crippen molar-refractivity contribution in [3.05, 3.63) is 29.5 Å². The first kappa shape index (κ1) is 12.0. The first-order valence-corrected chi connectivity index (χ1v) is 5.34. The molecule has 0 saturated heterocycles. The topological polar surface area (TPSA) is 103 Å². The van der Waals surface area contributed by atoms with E-state index in [1.54, 1.807) is 4.68 Å². The first-order chi connectivity index (χ1) is 8.50. The number of rotatable bonds is 3. The average molecular weight is 246 g/mol. The van der Waals surface area contributed by atoms with Crippen LogP contribution in [0.25, 0.3) is 0 Å². The van der Waals surface area contributed by atoms with Gasteiger partial charge in [0.05, 0.1) is 5.69 Å². The minimum Gasteiger partial charge on any atom is -0.433 e. The maximum atomic E-state index is 7.43. The summed E-state index contributed by atoms with van der Waals surface area (Å²) in [6.07, 6.45) is 2.95. The summed E-state index contributed by atoms with van der Waals surface area (Å²) in [6, 6.07) is 0. The lowest BCUT2D eigenvalue weighted by molar-refractivity contribution is 0.451. The molecule has 7 nitrogen and oxygen atoms in total. The Morgan fingerprint density at radius 1 is 1.33 bits per heavy atom. The van der Waals surface area contributed by atoms with E-state index in [-0.39, 0.29) is 17.4 Å². The second kappa shape index (κ2) is 4.44. The van der Waals surface area contributed by atoms with Gasteiger partial charge in [0, 0.05) is 19.4 Å². The summed E-state index contributed by atoms with van der Waals surface area (Å²) in [5.41, 5.74) is 7.27. The van der Waals surface area contributed by atoms with Crippen molar-refractivity contribution in [2.24, 2.45) is 12.8 Å². The molecule has 0 aliphatic carbocycles. The van der Waals surface area contributed by atoms with Crippen molar-refractivity contribution >= 4 is 5.84 Å². The molecule has 18 heavy (non-hydrogen) atoms. The maximum absolute atomic E-state index is 7.43. The molecule has 0 aromatic carbocycles. The van der Waals surface area contributed by atoms with Crippen LogP contribution in [0.3, 0.4) is 0 Å². The molecule has 7 heteroatoms. The molecule has 0 fully saturated rings. The number of hydrogen-bond acceptors (Lipinski definition) is 5. The number of nitrogens with one attached hydrogen (secondary N) is 1. The van der Waals surface area contributed by atoms with Crippen LogP contribution in [0.4, 0.5) is 0 Å². The molecule has 0 spiro atoms. The fraction of sp³-hybridized carbons (Fsp3) is 0.273. The van der Waals surface area contributed by atoms with Gasteiger partial charge >= 0.3 is 0 Å². The summed E-state index contributed by atoms with van der Waals surface area (Å²) in [4.78, 5) is 8.02. The molecule has 0 aliphatic heterocycles. The van der Waals surface area contributed by atoms with Crippen molar-refractivity contribution in [3.8, 4) is 11.6 Å². The van der Waals surface area contributed by atoms with Gasteiger partial charge in [-0.15, -0.1) is 0 Å². The second-order valence-corrected chi connectivity index (χ2v) is 3.85. The van der Waals surface area contributed by atoms with Gasteiger partial charge in [-0.1, -0.05) is 0 Å². The number of nitrogens with two attached hydrogens (primary N) is 1. The zero-order valence-corrected chi connectivity index (χ0v) is 10.4. The number of nitrogen functional groups attached to an aromatic ring is 1. The predicted molar refractivity (Wildman–Crippen MR) is 65.8 cm³/mol. The summed E-state index contributed by atoms with van der Waals surface area (Å²) < 4.78 is 7.39. The van der Waals surface area contributed by atoms with E-state index >= 15 is 0 Å². The monoisotopic (exact) mass is 246 g/mol. The lowest BCUT2D eigenvalue weighted by Gasteiger charge is -2.07. The molecule has 3 N–H and O–H groups in total. The van der Waals surface area contributed by atoms with Crippen molar-refractivity contribution in [2.45, 2.75) is 13.8 Å². The standard InChI is InChI=1S/C11H14N6O/c1-6-9(7(2)17(3)16-6)18-11-8(10(12)13)14-4-5-15-11/h4-5H,1-3H3,(H3,12,13). The molecular formula is C11H14N6O. The van der Waals surface area contributed by atoms with Gasteiger partial charge in [-0.3, -0.25) is 10.1 Å². The Balaban J connectivity index is 2.43. The highest BCUT2D eigenvalue weighted by atomic mass is 16.5. The summed E-state index contributed by atoms with van der Waals surface area (Å²) >= 11 is 0. The molecule has 2 aromatic heterocycles. The summed E-state index contributed by atoms with van der Waals surface area (Å²) in [5.74, 6) is 0.641. The highest BCUT2D eigenvalue weighted by molar-refractivity contribution is 5.95. The third kappa shape index (κ3) is 2.02. The number of hydrogen-bond donors (Lipinski definition) is 2. The van der Waals surface area contributed by atoms with Crippen LogP contribution in [0.2, 0.25) is 0 Å². The van der Waals surface area contributed by atoms with E-state index < -0.39 is 0 Å². The number of ether oxygens (including phenoxy) is 1. The Hall–Kier alpha value is -2.44. The van der Waals surface area contributed by atoms with E-state index in [1.165, 1.54) is 12.4 Å². The Morgan fingerprint density at radius 3 is 2.56 bits per heavy atom. The highest BCUT2D eigenvalue weighted by Crippen LogP contribution is 2.27. The second-order valence-electron chi connectivity index (χ2n) is 3.85. The molecule has 0 amide bonds. The molecule has 0 saturated carbocycles. The Bertz CT molecular complexity index is 604. The number of aromatic nitrogens is 4. The third-order valence-corrected chi connectivity index (χ3v) is 2.56. The largest absolute Gasteiger partial charge is 0.433 e. The van der Waals surface area contributed by atoms with Crippen LogP contribution >= 0.6 is 0 Å². The molecule has 94 valence electrons. The van der Waals surface area contributed by atoms with Gasteiger partial charge in [0.25, 0.3) is 0 Å². The van der Waals surface area contributed by atoms with E-state index in [4.69, 9.17) is 15.9 Å². The molecule has 2 aromatic rings.